The Bertz CT molecular complexity index is 529. The van der Waals surface area contributed by atoms with E-state index in [2.05, 4.69) is 0 Å². The minimum atomic E-state index is -0.247. The summed E-state index contributed by atoms with van der Waals surface area (Å²) in [7, 11) is 2.99. The van der Waals surface area contributed by atoms with Crippen molar-refractivity contribution in [3.8, 4) is 0 Å². The van der Waals surface area contributed by atoms with Crippen molar-refractivity contribution >= 4 is 11.9 Å². The molecule has 0 aliphatic carbocycles. The predicted molar refractivity (Wildman–Crippen MR) is 77.7 cm³/mol. The molecule has 5 heteroatoms. The van der Waals surface area contributed by atoms with Gasteiger partial charge in [-0.3, -0.25) is 9.59 Å². The number of methoxy groups -OCH3 is 2. The van der Waals surface area contributed by atoms with Gasteiger partial charge in [0.2, 0.25) is 0 Å². The van der Waals surface area contributed by atoms with E-state index in [4.69, 9.17) is 9.47 Å². The molecule has 0 radical (unpaired) electrons. The second kappa shape index (κ2) is 6.72. The molecule has 1 aromatic carbocycles. The first-order valence-corrected chi connectivity index (χ1v) is 7.02. The fourth-order valence-electron chi connectivity index (χ4n) is 2.77. The molecular weight excluding hydrogens is 270 g/mol. The lowest BCUT2D eigenvalue weighted by Gasteiger charge is -2.18. The number of likely N-dealkylation sites (tertiary alicyclic amines) is 1. The maximum atomic E-state index is 12.7. The minimum absolute atomic E-state index is 0.0547. The summed E-state index contributed by atoms with van der Waals surface area (Å²) in [5.41, 5.74) is 1.50. The molecule has 1 fully saturated rings. The average molecular weight is 291 g/mol. The number of hydrogen-bond acceptors (Lipinski definition) is 4. The Morgan fingerprint density at radius 3 is 2.62 bits per heavy atom. The second-order valence-electron chi connectivity index (χ2n) is 5.41. The average Bonchev–Trinajstić information content (AvgIpc) is 2.88. The maximum Gasteiger partial charge on any atom is 0.310 e. The number of carbonyl (C=O) groups is 2. The zero-order valence-corrected chi connectivity index (χ0v) is 12.7. The highest BCUT2D eigenvalue weighted by atomic mass is 16.5. The van der Waals surface area contributed by atoms with Crippen LogP contribution in [0.3, 0.4) is 0 Å². The Labute approximate surface area is 124 Å². The molecule has 0 N–H and O–H groups in total. The van der Waals surface area contributed by atoms with Gasteiger partial charge in [-0.15, -0.1) is 0 Å². The molecule has 0 aromatic heterocycles. The van der Waals surface area contributed by atoms with Gasteiger partial charge in [0.25, 0.3) is 5.91 Å². The summed E-state index contributed by atoms with van der Waals surface area (Å²) in [5, 5.41) is 0. The van der Waals surface area contributed by atoms with Crippen LogP contribution in [-0.4, -0.2) is 44.1 Å². The van der Waals surface area contributed by atoms with E-state index in [0.717, 1.165) is 5.56 Å². The molecule has 1 heterocycles. The number of esters is 1. The van der Waals surface area contributed by atoms with E-state index in [0.29, 0.717) is 25.3 Å². The van der Waals surface area contributed by atoms with E-state index < -0.39 is 0 Å². The van der Waals surface area contributed by atoms with Gasteiger partial charge >= 0.3 is 5.97 Å². The van der Waals surface area contributed by atoms with Crippen LogP contribution >= 0.6 is 0 Å². The fourth-order valence-corrected chi connectivity index (χ4v) is 2.77. The molecule has 5 nitrogen and oxygen atoms in total. The summed E-state index contributed by atoms with van der Waals surface area (Å²) >= 11 is 0. The Balaban J connectivity index is 2.16. The Kier molecular flexibility index (Phi) is 4.96. The summed E-state index contributed by atoms with van der Waals surface area (Å²) < 4.78 is 9.94. The third-order valence-corrected chi connectivity index (χ3v) is 3.95. The lowest BCUT2D eigenvalue weighted by atomic mass is 9.99. The molecule has 0 spiro atoms. The van der Waals surface area contributed by atoms with Crippen molar-refractivity contribution in [1.82, 2.24) is 4.90 Å². The van der Waals surface area contributed by atoms with E-state index in [1.165, 1.54) is 7.11 Å². The molecule has 2 rings (SSSR count). The highest BCUT2D eigenvalue weighted by Gasteiger charge is 2.38. The molecule has 1 aliphatic rings. The van der Waals surface area contributed by atoms with Crippen LogP contribution in [0.1, 0.15) is 22.8 Å². The van der Waals surface area contributed by atoms with Crippen LogP contribution in [0.5, 0.6) is 0 Å². The molecule has 0 saturated carbocycles. The number of hydrogen-bond donors (Lipinski definition) is 0. The van der Waals surface area contributed by atoms with Gasteiger partial charge in [0.1, 0.15) is 0 Å². The number of carbonyl (C=O) groups excluding carboxylic acids is 2. The van der Waals surface area contributed by atoms with Gasteiger partial charge in [0.05, 0.1) is 19.6 Å². The van der Waals surface area contributed by atoms with E-state index in [1.807, 2.05) is 25.1 Å². The van der Waals surface area contributed by atoms with Gasteiger partial charge < -0.3 is 14.4 Å². The number of rotatable bonds is 4. The Morgan fingerprint density at radius 1 is 1.24 bits per heavy atom. The molecule has 1 saturated heterocycles. The molecule has 114 valence electrons. The van der Waals surface area contributed by atoms with Gasteiger partial charge in [-0.2, -0.15) is 0 Å². The van der Waals surface area contributed by atoms with E-state index >= 15 is 0 Å². The summed E-state index contributed by atoms with van der Waals surface area (Å²) in [4.78, 5) is 26.1. The number of benzene rings is 1. The quantitative estimate of drug-likeness (QED) is 0.793. The highest BCUT2D eigenvalue weighted by molar-refractivity contribution is 5.96. The van der Waals surface area contributed by atoms with Crippen LogP contribution in [0.15, 0.2) is 24.3 Å². The van der Waals surface area contributed by atoms with Gasteiger partial charge in [-0.1, -0.05) is 25.1 Å². The van der Waals surface area contributed by atoms with E-state index in [-0.39, 0.29) is 23.7 Å². The van der Waals surface area contributed by atoms with E-state index in [1.54, 1.807) is 18.1 Å². The zero-order chi connectivity index (χ0) is 15.4. The summed E-state index contributed by atoms with van der Waals surface area (Å²) in [5.74, 6) is -0.437. The van der Waals surface area contributed by atoms with Crippen molar-refractivity contribution in [3.05, 3.63) is 35.4 Å². The first kappa shape index (κ1) is 15.5. The van der Waals surface area contributed by atoms with Gasteiger partial charge in [-0.25, -0.2) is 0 Å². The number of nitrogens with zero attached hydrogens (tertiary/aromatic N) is 1. The van der Waals surface area contributed by atoms with Crippen LogP contribution in [-0.2, 0) is 20.9 Å². The third-order valence-electron chi connectivity index (χ3n) is 3.95. The molecule has 2 unspecified atom stereocenters. The lowest BCUT2D eigenvalue weighted by Crippen LogP contribution is -2.31. The summed E-state index contributed by atoms with van der Waals surface area (Å²) in [6.07, 6.45) is 0. The molecular formula is C16H21NO4. The topological polar surface area (TPSA) is 55.8 Å². The molecule has 1 amide bonds. The highest BCUT2D eigenvalue weighted by Crippen LogP contribution is 2.26. The lowest BCUT2D eigenvalue weighted by molar-refractivity contribution is -0.146. The van der Waals surface area contributed by atoms with Crippen LogP contribution < -0.4 is 0 Å². The van der Waals surface area contributed by atoms with Crippen molar-refractivity contribution < 1.29 is 19.1 Å². The fraction of sp³-hybridized carbons (Fsp3) is 0.500. The largest absolute Gasteiger partial charge is 0.469 e. The second-order valence-corrected chi connectivity index (χ2v) is 5.41. The van der Waals surface area contributed by atoms with Crippen LogP contribution in [0, 0.1) is 11.8 Å². The third kappa shape index (κ3) is 3.24. The molecule has 0 bridgehead atoms. The smallest absolute Gasteiger partial charge is 0.310 e. The van der Waals surface area contributed by atoms with Crippen molar-refractivity contribution in [2.24, 2.45) is 11.8 Å². The number of ether oxygens (including phenoxy) is 2. The first-order chi connectivity index (χ1) is 10.1. The van der Waals surface area contributed by atoms with Gasteiger partial charge in [0.15, 0.2) is 0 Å². The molecule has 1 aliphatic heterocycles. The van der Waals surface area contributed by atoms with Crippen LogP contribution in [0.25, 0.3) is 0 Å². The Hall–Kier alpha value is -1.88. The van der Waals surface area contributed by atoms with Crippen molar-refractivity contribution in [2.75, 3.05) is 27.3 Å². The first-order valence-electron chi connectivity index (χ1n) is 7.02. The van der Waals surface area contributed by atoms with Gasteiger partial charge in [0, 0.05) is 25.8 Å². The standard InChI is InChI=1S/C16H21NO4/c1-11-8-17(9-14(11)16(19)21-3)15(18)13-7-5-4-6-12(13)10-20-2/h4-7,11,14H,8-10H2,1-3H3. The monoisotopic (exact) mass is 291 g/mol. The van der Waals surface area contributed by atoms with Crippen molar-refractivity contribution in [3.63, 3.8) is 0 Å². The molecule has 21 heavy (non-hydrogen) atoms. The van der Waals surface area contributed by atoms with Crippen LogP contribution in [0.2, 0.25) is 0 Å². The normalized spacial score (nSPS) is 21.4. The predicted octanol–water partition coefficient (Wildman–Crippen LogP) is 1.71. The van der Waals surface area contributed by atoms with Gasteiger partial charge in [-0.05, 0) is 17.5 Å². The molecule has 2 atom stereocenters. The number of amides is 1. The minimum Gasteiger partial charge on any atom is -0.469 e. The van der Waals surface area contributed by atoms with Crippen molar-refractivity contribution in [2.45, 2.75) is 13.5 Å². The zero-order valence-electron chi connectivity index (χ0n) is 12.7. The summed E-state index contributed by atoms with van der Waals surface area (Å²) in [6.45, 7) is 3.34. The maximum absolute atomic E-state index is 12.7. The Morgan fingerprint density at radius 2 is 1.95 bits per heavy atom. The SMILES string of the molecule is COCc1ccccc1C(=O)N1CC(C)C(C(=O)OC)C1. The van der Waals surface area contributed by atoms with Crippen LogP contribution in [0.4, 0.5) is 0 Å². The van der Waals surface area contributed by atoms with E-state index in [9.17, 15) is 9.59 Å². The summed E-state index contributed by atoms with van der Waals surface area (Å²) in [6, 6.07) is 7.40. The van der Waals surface area contributed by atoms with Crippen molar-refractivity contribution in [1.29, 1.82) is 0 Å². The molecule has 1 aromatic rings.